The number of nitrogens with zero attached hydrogens (tertiary/aromatic N) is 6. The molecule has 0 aromatic carbocycles. The van der Waals surface area contributed by atoms with Crippen molar-refractivity contribution >= 4 is 44.9 Å². The maximum Gasteiger partial charge on any atom is 0.254 e. The Labute approximate surface area is 187 Å². The molecule has 9 nitrogen and oxygen atoms in total. The second-order valence-corrected chi connectivity index (χ2v) is 8.66. The van der Waals surface area contributed by atoms with Crippen LogP contribution in [0.15, 0.2) is 46.6 Å². The minimum absolute atomic E-state index is 0.0838. The first kappa shape index (κ1) is 19.8. The zero-order valence-electron chi connectivity index (χ0n) is 17.2. The van der Waals surface area contributed by atoms with Crippen LogP contribution in [-0.2, 0) is 4.79 Å². The Morgan fingerprint density at radius 2 is 2.10 bits per heavy atom. The highest BCUT2D eigenvalue weighted by Crippen LogP contribution is 2.27. The Bertz CT molecular complexity index is 1190. The Morgan fingerprint density at radius 1 is 1.26 bits per heavy atom. The van der Waals surface area contributed by atoms with E-state index in [0.29, 0.717) is 43.8 Å². The number of allylic oxidation sites excluding steroid dienone is 2. The molecule has 160 valence electrons. The molecule has 31 heavy (non-hydrogen) atoms. The van der Waals surface area contributed by atoms with E-state index in [9.17, 15) is 4.79 Å². The van der Waals surface area contributed by atoms with Crippen molar-refractivity contribution in [1.82, 2.24) is 29.7 Å². The lowest BCUT2D eigenvalue weighted by Crippen LogP contribution is -2.49. The number of rotatable bonds is 4. The Morgan fingerprint density at radius 3 is 2.84 bits per heavy atom. The molecule has 0 saturated carbocycles. The topological polar surface area (TPSA) is 94.5 Å². The SMILES string of the molecule is Cc1cc(Nc2nc(N3CCN(C(=O)C4=C(Br)CCC=C4)CC3)nn3cccc23)n[nH]1. The van der Waals surface area contributed by atoms with Crippen LogP contribution >= 0.6 is 15.9 Å². The number of aromatic nitrogens is 5. The highest BCUT2D eigenvalue weighted by molar-refractivity contribution is 9.11. The first-order chi connectivity index (χ1) is 15.1. The number of halogens is 1. The lowest BCUT2D eigenvalue weighted by atomic mass is 10.1. The summed E-state index contributed by atoms with van der Waals surface area (Å²) in [6.07, 6.45) is 7.75. The molecule has 0 spiro atoms. The van der Waals surface area contributed by atoms with Gasteiger partial charge in [0.1, 0.15) is 5.52 Å². The lowest BCUT2D eigenvalue weighted by molar-refractivity contribution is -0.127. The number of H-pyrrole nitrogens is 1. The first-order valence-corrected chi connectivity index (χ1v) is 11.1. The predicted octanol–water partition coefficient (Wildman–Crippen LogP) is 3.15. The lowest BCUT2D eigenvalue weighted by Gasteiger charge is -2.35. The third-order valence-corrected chi connectivity index (χ3v) is 6.34. The van der Waals surface area contributed by atoms with Gasteiger partial charge in [-0.15, -0.1) is 5.10 Å². The van der Waals surface area contributed by atoms with E-state index >= 15 is 0 Å². The van der Waals surface area contributed by atoms with Crippen LogP contribution in [0, 0.1) is 6.92 Å². The second-order valence-electron chi connectivity index (χ2n) is 7.70. The van der Waals surface area contributed by atoms with Crippen LogP contribution in [0.3, 0.4) is 0 Å². The summed E-state index contributed by atoms with van der Waals surface area (Å²) < 4.78 is 2.81. The highest BCUT2D eigenvalue weighted by atomic mass is 79.9. The van der Waals surface area contributed by atoms with Gasteiger partial charge in [-0.05, 0) is 31.9 Å². The molecule has 4 heterocycles. The number of carbonyl (C=O) groups excluding carboxylic acids is 1. The van der Waals surface area contributed by atoms with E-state index in [-0.39, 0.29) is 5.91 Å². The van der Waals surface area contributed by atoms with E-state index in [1.165, 1.54) is 0 Å². The molecule has 2 aliphatic rings. The van der Waals surface area contributed by atoms with Crippen molar-refractivity contribution in [2.75, 3.05) is 36.4 Å². The molecular formula is C21H23BrN8O. The summed E-state index contributed by atoms with van der Waals surface area (Å²) in [7, 11) is 0. The minimum Gasteiger partial charge on any atom is -0.336 e. The Kier molecular flexibility index (Phi) is 5.23. The number of carbonyl (C=O) groups is 1. The van der Waals surface area contributed by atoms with Crippen LogP contribution < -0.4 is 10.2 Å². The predicted molar refractivity (Wildman–Crippen MR) is 123 cm³/mol. The minimum atomic E-state index is 0.0838. The molecule has 3 aromatic heterocycles. The van der Waals surface area contributed by atoms with Gasteiger partial charge in [-0.1, -0.05) is 28.1 Å². The van der Waals surface area contributed by atoms with Crippen molar-refractivity contribution in [2.24, 2.45) is 0 Å². The van der Waals surface area contributed by atoms with Crippen molar-refractivity contribution in [3.8, 4) is 0 Å². The van der Waals surface area contributed by atoms with Gasteiger partial charge in [0.05, 0.1) is 0 Å². The van der Waals surface area contributed by atoms with Crippen LogP contribution in [0.4, 0.5) is 17.6 Å². The van der Waals surface area contributed by atoms with Gasteiger partial charge in [0, 0.05) is 54.2 Å². The fourth-order valence-corrected chi connectivity index (χ4v) is 4.39. The van der Waals surface area contributed by atoms with E-state index in [1.54, 1.807) is 0 Å². The average Bonchev–Trinajstić information content (AvgIpc) is 3.42. The number of aryl methyl sites for hydroxylation is 1. The number of nitrogens with one attached hydrogen (secondary N) is 2. The molecule has 0 unspecified atom stereocenters. The Balaban J connectivity index is 1.34. The fraction of sp³-hybridized carbons (Fsp3) is 0.333. The van der Waals surface area contributed by atoms with E-state index < -0.39 is 0 Å². The molecule has 1 saturated heterocycles. The maximum absolute atomic E-state index is 12.9. The van der Waals surface area contributed by atoms with Crippen LogP contribution in [0.2, 0.25) is 0 Å². The number of amides is 1. The quantitative estimate of drug-likeness (QED) is 0.592. The number of piperazine rings is 1. The molecule has 5 rings (SSSR count). The third-order valence-electron chi connectivity index (χ3n) is 5.52. The van der Waals surface area contributed by atoms with Gasteiger partial charge in [0.15, 0.2) is 11.6 Å². The summed E-state index contributed by atoms with van der Waals surface area (Å²) in [5.74, 6) is 2.12. The van der Waals surface area contributed by atoms with Gasteiger partial charge < -0.3 is 15.1 Å². The molecule has 3 aromatic rings. The number of fused-ring (bicyclic) bond motifs is 1. The van der Waals surface area contributed by atoms with Crippen LogP contribution in [0.1, 0.15) is 18.5 Å². The van der Waals surface area contributed by atoms with E-state index in [4.69, 9.17) is 4.98 Å². The third kappa shape index (κ3) is 3.95. The largest absolute Gasteiger partial charge is 0.336 e. The summed E-state index contributed by atoms with van der Waals surface area (Å²) in [5, 5.41) is 15.1. The van der Waals surface area contributed by atoms with Gasteiger partial charge in [0.25, 0.3) is 5.91 Å². The Hall–Kier alpha value is -3.14. The molecule has 0 atom stereocenters. The van der Waals surface area contributed by atoms with Gasteiger partial charge >= 0.3 is 0 Å². The normalized spacial score (nSPS) is 17.0. The van der Waals surface area contributed by atoms with Crippen LogP contribution in [0.5, 0.6) is 0 Å². The van der Waals surface area contributed by atoms with Gasteiger partial charge in [0.2, 0.25) is 5.95 Å². The molecule has 2 N–H and O–H groups in total. The van der Waals surface area contributed by atoms with Crippen molar-refractivity contribution in [3.05, 3.63) is 52.3 Å². The summed E-state index contributed by atoms with van der Waals surface area (Å²) in [4.78, 5) is 21.7. The highest BCUT2D eigenvalue weighted by Gasteiger charge is 2.26. The number of anilines is 3. The molecule has 10 heteroatoms. The maximum atomic E-state index is 12.9. The zero-order valence-corrected chi connectivity index (χ0v) is 18.8. The van der Waals surface area contributed by atoms with Crippen molar-refractivity contribution in [2.45, 2.75) is 19.8 Å². The summed E-state index contributed by atoms with van der Waals surface area (Å²) in [6, 6.07) is 5.83. The van der Waals surface area contributed by atoms with Crippen molar-refractivity contribution in [1.29, 1.82) is 0 Å². The van der Waals surface area contributed by atoms with E-state index in [1.807, 2.05) is 46.8 Å². The van der Waals surface area contributed by atoms with Gasteiger partial charge in [-0.3, -0.25) is 9.89 Å². The monoisotopic (exact) mass is 482 g/mol. The molecule has 1 amide bonds. The molecule has 0 radical (unpaired) electrons. The summed E-state index contributed by atoms with van der Waals surface area (Å²) in [5.41, 5.74) is 2.61. The van der Waals surface area contributed by atoms with Crippen LogP contribution in [-0.4, -0.2) is 61.8 Å². The fourth-order valence-electron chi connectivity index (χ4n) is 3.86. The smallest absolute Gasteiger partial charge is 0.254 e. The average molecular weight is 483 g/mol. The number of hydrogen-bond donors (Lipinski definition) is 2. The number of hydrogen-bond acceptors (Lipinski definition) is 6. The van der Waals surface area contributed by atoms with Crippen molar-refractivity contribution < 1.29 is 4.79 Å². The molecule has 1 aliphatic heterocycles. The van der Waals surface area contributed by atoms with Gasteiger partial charge in [-0.25, -0.2) is 4.52 Å². The zero-order chi connectivity index (χ0) is 21.4. The summed E-state index contributed by atoms with van der Waals surface area (Å²) >= 11 is 3.56. The van der Waals surface area contributed by atoms with E-state index in [2.05, 4.69) is 47.5 Å². The molecule has 1 aliphatic carbocycles. The standard InChI is InChI=1S/C21H23BrN8O/c1-14-13-18(26-25-14)23-19-17-7-4-8-30(17)27-21(24-19)29-11-9-28(10-12-29)20(31)15-5-2-3-6-16(15)22/h2,4-5,7-8,13H,3,6,9-12H2,1H3,(H2,23,24,25,26,27). The first-order valence-electron chi connectivity index (χ1n) is 10.3. The molecular weight excluding hydrogens is 460 g/mol. The molecule has 0 bridgehead atoms. The molecule has 1 fully saturated rings. The second kappa shape index (κ2) is 8.18. The van der Waals surface area contributed by atoms with E-state index in [0.717, 1.165) is 34.1 Å². The summed E-state index contributed by atoms with van der Waals surface area (Å²) in [6.45, 7) is 4.56. The number of aromatic amines is 1. The van der Waals surface area contributed by atoms with Crippen molar-refractivity contribution in [3.63, 3.8) is 0 Å². The van der Waals surface area contributed by atoms with Crippen LogP contribution in [0.25, 0.3) is 5.52 Å². The van der Waals surface area contributed by atoms with Gasteiger partial charge in [-0.2, -0.15) is 10.1 Å².